The molecule has 0 bridgehead atoms. The van der Waals surface area contributed by atoms with Crippen molar-refractivity contribution in [3.63, 3.8) is 0 Å². The summed E-state index contributed by atoms with van der Waals surface area (Å²) in [7, 11) is -2.41. The Kier molecular flexibility index (Phi) is 5.72. The minimum atomic E-state index is -3.76. The van der Waals surface area contributed by atoms with Gasteiger partial charge < -0.3 is 14.6 Å². The van der Waals surface area contributed by atoms with Crippen molar-refractivity contribution in [3.8, 4) is 0 Å². The van der Waals surface area contributed by atoms with E-state index < -0.39 is 27.3 Å². The highest BCUT2D eigenvalue weighted by Crippen LogP contribution is 2.22. The molecule has 8 heteroatoms. The largest absolute Gasteiger partial charge is 0.465 e. The van der Waals surface area contributed by atoms with Crippen LogP contribution in [0.3, 0.4) is 0 Å². The van der Waals surface area contributed by atoms with Gasteiger partial charge >= 0.3 is 5.97 Å². The highest BCUT2D eigenvalue weighted by atomic mass is 32.2. The second kappa shape index (κ2) is 6.65. The first kappa shape index (κ1) is 16.4. The number of aliphatic hydroxyl groups is 1. The Labute approximate surface area is 113 Å². The molecule has 0 radical (unpaired) electrons. The van der Waals surface area contributed by atoms with E-state index >= 15 is 0 Å². The Morgan fingerprint density at radius 2 is 2.00 bits per heavy atom. The van der Waals surface area contributed by atoms with Gasteiger partial charge in [-0.15, -0.1) is 0 Å². The van der Waals surface area contributed by atoms with E-state index in [9.17, 15) is 18.3 Å². The summed E-state index contributed by atoms with van der Waals surface area (Å²) in [6.07, 6.45) is 0.762. The third-order valence-corrected chi connectivity index (χ3v) is 4.70. The van der Waals surface area contributed by atoms with Crippen molar-refractivity contribution < 1.29 is 27.8 Å². The van der Waals surface area contributed by atoms with Gasteiger partial charge in [-0.3, -0.25) is 4.79 Å². The van der Waals surface area contributed by atoms with Gasteiger partial charge in [0.2, 0.25) is 10.0 Å². The number of carbonyl (C=O) groups excluding carboxylic acids is 1. The minimum absolute atomic E-state index is 0.0436. The zero-order chi connectivity index (χ0) is 14.5. The normalized spacial score (nSPS) is 19.4. The van der Waals surface area contributed by atoms with Crippen molar-refractivity contribution in [1.82, 2.24) is 4.31 Å². The van der Waals surface area contributed by atoms with E-state index in [1.54, 1.807) is 6.92 Å². The Hall–Kier alpha value is -0.700. The second-order valence-electron chi connectivity index (χ2n) is 4.65. The van der Waals surface area contributed by atoms with Crippen molar-refractivity contribution >= 4 is 16.0 Å². The molecule has 1 heterocycles. The van der Waals surface area contributed by atoms with E-state index in [1.807, 2.05) is 0 Å². The maximum Gasteiger partial charge on any atom is 0.322 e. The highest BCUT2D eigenvalue weighted by molar-refractivity contribution is 7.89. The SMILES string of the molecule is CCOC(=O)CS(=O)(=O)N(C)CC1(O)CCOCC1. The van der Waals surface area contributed by atoms with E-state index in [0.29, 0.717) is 26.1 Å². The summed E-state index contributed by atoms with van der Waals surface area (Å²) in [5.74, 6) is -1.49. The average Bonchev–Trinajstić information content (AvgIpc) is 2.28. The van der Waals surface area contributed by atoms with Crippen molar-refractivity contribution in [2.75, 3.05) is 39.2 Å². The Bertz CT molecular complexity index is 401. The molecule has 19 heavy (non-hydrogen) atoms. The molecule has 1 saturated heterocycles. The van der Waals surface area contributed by atoms with Gasteiger partial charge in [0.15, 0.2) is 5.75 Å². The lowest BCUT2D eigenvalue weighted by atomic mass is 9.95. The van der Waals surface area contributed by atoms with Crippen LogP contribution in [0.5, 0.6) is 0 Å². The van der Waals surface area contributed by atoms with Gasteiger partial charge in [0, 0.05) is 39.6 Å². The molecule has 0 aromatic heterocycles. The minimum Gasteiger partial charge on any atom is -0.465 e. The maximum absolute atomic E-state index is 11.9. The van der Waals surface area contributed by atoms with E-state index in [-0.39, 0.29) is 13.2 Å². The van der Waals surface area contributed by atoms with Gasteiger partial charge in [-0.1, -0.05) is 0 Å². The lowest BCUT2D eigenvalue weighted by Crippen LogP contribution is -2.48. The summed E-state index contributed by atoms with van der Waals surface area (Å²) in [5, 5.41) is 10.2. The Morgan fingerprint density at radius 3 is 2.53 bits per heavy atom. The predicted octanol–water partition coefficient (Wildman–Crippen LogP) is -0.647. The van der Waals surface area contributed by atoms with E-state index in [4.69, 9.17) is 4.74 Å². The fourth-order valence-corrected chi connectivity index (χ4v) is 2.92. The summed E-state index contributed by atoms with van der Waals surface area (Å²) < 4.78 is 34.6. The average molecular weight is 295 g/mol. The van der Waals surface area contributed by atoms with Gasteiger partial charge in [-0.2, -0.15) is 0 Å². The van der Waals surface area contributed by atoms with Crippen molar-refractivity contribution in [2.45, 2.75) is 25.4 Å². The summed E-state index contributed by atoms with van der Waals surface area (Å²) in [6, 6.07) is 0. The molecule has 0 unspecified atom stereocenters. The van der Waals surface area contributed by atoms with Crippen LogP contribution in [-0.2, 0) is 24.3 Å². The summed E-state index contributed by atoms with van der Waals surface area (Å²) >= 11 is 0. The fourth-order valence-electron chi connectivity index (χ4n) is 1.88. The zero-order valence-electron chi connectivity index (χ0n) is 11.3. The van der Waals surface area contributed by atoms with Crippen LogP contribution < -0.4 is 0 Å². The molecule has 0 atom stereocenters. The smallest absolute Gasteiger partial charge is 0.322 e. The molecule has 1 N–H and O–H groups in total. The van der Waals surface area contributed by atoms with Crippen LogP contribution in [0.15, 0.2) is 0 Å². The molecule has 112 valence electrons. The van der Waals surface area contributed by atoms with Crippen LogP contribution in [0.2, 0.25) is 0 Å². The van der Waals surface area contributed by atoms with E-state index in [2.05, 4.69) is 4.74 Å². The van der Waals surface area contributed by atoms with Gasteiger partial charge in [0.05, 0.1) is 12.2 Å². The van der Waals surface area contributed by atoms with Crippen molar-refractivity contribution in [2.24, 2.45) is 0 Å². The zero-order valence-corrected chi connectivity index (χ0v) is 12.1. The Balaban J connectivity index is 2.60. The van der Waals surface area contributed by atoms with Crippen LogP contribution in [0.4, 0.5) is 0 Å². The number of carbonyl (C=O) groups is 1. The number of sulfonamides is 1. The molecule has 0 aromatic rings. The van der Waals surface area contributed by atoms with Crippen LogP contribution in [0.1, 0.15) is 19.8 Å². The van der Waals surface area contributed by atoms with Gasteiger partial charge in [0.25, 0.3) is 0 Å². The number of esters is 1. The third kappa shape index (κ3) is 5.06. The Morgan fingerprint density at radius 1 is 1.42 bits per heavy atom. The summed E-state index contributed by atoms with van der Waals surface area (Å²) in [4.78, 5) is 11.2. The lowest BCUT2D eigenvalue weighted by molar-refractivity contribution is -0.140. The molecule has 1 fully saturated rings. The topological polar surface area (TPSA) is 93.1 Å². The van der Waals surface area contributed by atoms with Crippen molar-refractivity contribution in [1.29, 1.82) is 0 Å². The lowest BCUT2D eigenvalue weighted by Gasteiger charge is -2.34. The molecule has 1 aliphatic heterocycles. The fraction of sp³-hybridized carbons (Fsp3) is 0.909. The van der Waals surface area contributed by atoms with Gasteiger partial charge in [-0.25, -0.2) is 12.7 Å². The summed E-state index contributed by atoms with van der Waals surface area (Å²) in [5.41, 5.74) is -1.09. The first-order valence-corrected chi connectivity index (χ1v) is 7.80. The summed E-state index contributed by atoms with van der Waals surface area (Å²) in [6.45, 7) is 2.51. The second-order valence-corrected chi connectivity index (χ2v) is 6.73. The quantitative estimate of drug-likeness (QED) is 0.655. The standard InChI is InChI=1S/C11H21NO6S/c1-3-18-10(13)8-19(15,16)12(2)9-11(14)4-6-17-7-5-11/h14H,3-9H2,1-2H3. The van der Waals surface area contributed by atoms with Gasteiger partial charge in [-0.05, 0) is 6.92 Å². The number of ether oxygens (including phenoxy) is 2. The van der Waals surface area contributed by atoms with Crippen LogP contribution in [-0.4, -0.2) is 68.6 Å². The number of hydrogen-bond acceptors (Lipinski definition) is 6. The first-order chi connectivity index (χ1) is 8.79. The first-order valence-electron chi connectivity index (χ1n) is 6.19. The van der Waals surface area contributed by atoms with Crippen LogP contribution in [0.25, 0.3) is 0 Å². The predicted molar refractivity (Wildman–Crippen MR) is 68.1 cm³/mol. The van der Waals surface area contributed by atoms with Crippen LogP contribution >= 0.6 is 0 Å². The molecule has 1 rings (SSSR count). The van der Waals surface area contributed by atoms with Gasteiger partial charge in [0.1, 0.15) is 0 Å². The molecular weight excluding hydrogens is 274 g/mol. The highest BCUT2D eigenvalue weighted by Gasteiger charge is 2.35. The van der Waals surface area contributed by atoms with E-state index in [0.717, 1.165) is 4.31 Å². The molecule has 7 nitrogen and oxygen atoms in total. The number of nitrogens with zero attached hydrogens (tertiary/aromatic N) is 1. The third-order valence-electron chi connectivity index (χ3n) is 3.02. The van der Waals surface area contributed by atoms with E-state index in [1.165, 1.54) is 7.05 Å². The van der Waals surface area contributed by atoms with Crippen LogP contribution in [0, 0.1) is 0 Å². The molecule has 0 aliphatic carbocycles. The number of hydrogen-bond donors (Lipinski definition) is 1. The molecular formula is C11H21NO6S. The number of likely N-dealkylation sites (N-methyl/N-ethyl adjacent to an activating group) is 1. The molecule has 0 aromatic carbocycles. The van der Waals surface area contributed by atoms with Crippen molar-refractivity contribution in [3.05, 3.63) is 0 Å². The molecule has 1 aliphatic rings. The monoisotopic (exact) mass is 295 g/mol. The molecule has 0 saturated carbocycles. The number of rotatable bonds is 6. The maximum atomic E-state index is 11.9. The molecule has 0 spiro atoms. The molecule has 0 amide bonds.